The van der Waals surface area contributed by atoms with E-state index in [4.69, 9.17) is 5.11 Å². The minimum Gasteiger partial charge on any atom is -0.391 e. The third kappa shape index (κ3) is 2.26. The summed E-state index contributed by atoms with van der Waals surface area (Å²) in [7, 11) is 0. The van der Waals surface area contributed by atoms with Gasteiger partial charge in [-0.25, -0.2) is 8.78 Å². The van der Waals surface area contributed by atoms with Crippen LogP contribution in [0.4, 0.5) is 14.5 Å². The highest BCUT2D eigenvalue weighted by Gasteiger charge is 2.26. The van der Waals surface area contributed by atoms with Gasteiger partial charge in [-0.05, 0) is 15.9 Å². The van der Waals surface area contributed by atoms with E-state index in [0.29, 0.717) is 0 Å². The Kier molecular flexibility index (Phi) is 3.64. The number of hydrogen-bond acceptors (Lipinski definition) is 4. The Morgan fingerprint density at radius 3 is 2.67 bits per heavy atom. The second-order valence-electron chi connectivity index (χ2n) is 2.53. The van der Waals surface area contributed by atoms with Gasteiger partial charge in [0.05, 0.1) is 17.1 Å². The average molecular weight is 283 g/mol. The summed E-state index contributed by atoms with van der Waals surface area (Å²) in [4.78, 5) is 13.1. The quantitative estimate of drug-likeness (QED) is 0.681. The molecule has 0 bridgehead atoms. The number of aromatic nitrogens is 1. The second-order valence-corrected chi connectivity index (χ2v) is 3.39. The van der Waals surface area contributed by atoms with Crippen LogP contribution in [0.3, 0.4) is 0 Å². The van der Waals surface area contributed by atoms with E-state index in [9.17, 15) is 18.9 Å². The van der Waals surface area contributed by atoms with Crippen molar-refractivity contribution in [2.75, 3.05) is 0 Å². The van der Waals surface area contributed by atoms with Crippen LogP contribution in [0.2, 0.25) is 0 Å². The number of nitrogens with zero attached hydrogens (tertiary/aromatic N) is 2. The molecule has 0 aliphatic rings. The van der Waals surface area contributed by atoms with Crippen molar-refractivity contribution in [3.8, 4) is 0 Å². The van der Waals surface area contributed by atoms with Crippen molar-refractivity contribution < 1.29 is 18.8 Å². The maximum absolute atomic E-state index is 12.4. The first-order chi connectivity index (χ1) is 6.99. The normalized spacial score (nSPS) is 10.7. The van der Waals surface area contributed by atoms with Crippen molar-refractivity contribution in [2.45, 2.75) is 13.0 Å². The van der Waals surface area contributed by atoms with E-state index in [2.05, 4.69) is 20.9 Å². The Hall–Kier alpha value is -1.15. The Balaban J connectivity index is 3.47. The Morgan fingerprint density at radius 1 is 1.67 bits per heavy atom. The van der Waals surface area contributed by atoms with E-state index in [1.165, 1.54) is 0 Å². The predicted molar refractivity (Wildman–Crippen MR) is 49.5 cm³/mol. The zero-order valence-electron chi connectivity index (χ0n) is 7.15. The van der Waals surface area contributed by atoms with E-state index in [1.807, 2.05) is 0 Å². The average Bonchev–Trinajstić information content (AvgIpc) is 2.15. The number of nitro groups is 1. The van der Waals surface area contributed by atoms with Gasteiger partial charge in [0.25, 0.3) is 12.1 Å². The first kappa shape index (κ1) is 11.9. The summed E-state index contributed by atoms with van der Waals surface area (Å²) in [5.74, 6) is 0. The highest BCUT2D eigenvalue weighted by atomic mass is 79.9. The molecule has 0 aliphatic carbocycles. The zero-order chi connectivity index (χ0) is 11.6. The molecule has 1 rings (SSSR count). The molecule has 5 nitrogen and oxygen atoms in total. The molecule has 15 heavy (non-hydrogen) atoms. The number of aliphatic hydroxyl groups is 1. The third-order valence-electron chi connectivity index (χ3n) is 1.69. The molecule has 1 N–H and O–H groups in total. The fourth-order valence-electron chi connectivity index (χ4n) is 1.07. The minimum absolute atomic E-state index is 0.0408. The van der Waals surface area contributed by atoms with Gasteiger partial charge in [0.1, 0.15) is 10.2 Å². The number of halogens is 3. The van der Waals surface area contributed by atoms with Gasteiger partial charge in [0, 0.05) is 6.20 Å². The highest BCUT2D eigenvalue weighted by Crippen LogP contribution is 2.33. The van der Waals surface area contributed by atoms with Crippen LogP contribution in [0.15, 0.2) is 10.7 Å². The molecule has 0 atom stereocenters. The van der Waals surface area contributed by atoms with Gasteiger partial charge in [-0.2, -0.15) is 0 Å². The molecule has 1 aromatic heterocycles. The van der Waals surface area contributed by atoms with Gasteiger partial charge < -0.3 is 5.11 Å². The summed E-state index contributed by atoms with van der Waals surface area (Å²) in [5, 5.41) is 19.4. The Bertz CT molecular complexity index is 400. The van der Waals surface area contributed by atoms with Gasteiger partial charge in [0.2, 0.25) is 0 Å². The number of aliphatic hydroxyl groups excluding tert-OH is 1. The largest absolute Gasteiger partial charge is 0.391 e. The van der Waals surface area contributed by atoms with Crippen LogP contribution in [-0.4, -0.2) is 15.0 Å². The van der Waals surface area contributed by atoms with Crippen LogP contribution in [0.5, 0.6) is 0 Å². The van der Waals surface area contributed by atoms with E-state index >= 15 is 0 Å². The molecule has 0 saturated heterocycles. The van der Waals surface area contributed by atoms with Crippen LogP contribution in [0.25, 0.3) is 0 Å². The summed E-state index contributed by atoms with van der Waals surface area (Å²) in [5.41, 5.74) is -1.82. The van der Waals surface area contributed by atoms with Crippen molar-refractivity contribution in [1.82, 2.24) is 4.98 Å². The summed E-state index contributed by atoms with van der Waals surface area (Å²) in [6.45, 7) is -0.859. The summed E-state index contributed by atoms with van der Waals surface area (Å²) >= 11 is 2.81. The topological polar surface area (TPSA) is 76.3 Å². The Labute approximate surface area is 91.0 Å². The lowest BCUT2D eigenvalue weighted by molar-refractivity contribution is -0.386. The maximum atomic E-state index is 12.4. The first-order valence-corrected chi connectivity index (χ1v) is 4.49. The molecule has 0 aromatic carbocycles. The first-order valence-electron chi connectivity index (χ1n) is 3.69. The van der Waals surface area contributed by atoms with Crippen molar-refractivity contribution in [2.24, 2.45) is 0 Å². The smallest absolute Gasteiger partial charge is 0.292 e. The molecule has 0 fully saturated rings. The van der Waals surface area contributed by atoms with Gasteiger partial charge >= 0.3 is 0 Å². The van der Waals surface area contributed by atoms with E-state index < -0.39 is 34.9 Å². The molecule has 8 heteroatoms. The van der Waals surface area contributed by atoms with Gasteiger partial charge in [0.15, 0.2) is 0 Å². The molecule has 0 spiro atoms. The van der Waals surface area contributed by atoms with Crippen molar-refractivity contribution >= 4 is 21.6 Å². The lowest BCUT2D eigenvalue weighted by atomic mass is 10.1. The third-order valence-corrected chi connectivity index (χ3v) is 2.27. The Morgan fingerprint density at radius 2 is 2.27 bits per heavy atom. The molecular weight excluding hydrogens is 278 g/mol. The predicted octanol–water partition coefficient (Wildman–Crippen LogP) is 2.18. The van der Waals surface area contributed by atoms with E-state index in [0.717, 1.165) is 6.20 Å². The molecule has 82 valence electrons. The molecular formula is C7H5BrF2N2O3. The molecule has 1 heterocycles. The lowest BCUT2D eigenvalue weighted by Gasteiger charge is -2.06. The van der Waals surface area contributed by atoms with Crippen LogP contribution >= 0.6 is 15.9 Å². The van der Waals surface area contributed by atoms with Crippen molar-refractivity contribution in [3.05, 3.63) is 32.0 Å². The highest BCUT2D eigenvalue weighted by molar-refractivity contribution is 9.10. The van der Waals surface area contributed by atoms with E-state index in [-0.39, 0.29) is 4.47 Å². The van der Waals surface area contributed by atoms with Crippen molar-refractivity contribution in [1.29, 1.82) is 0 Å². The van der Waals surface area contributed by atoms with E-state index in [1.54, 1.807) is 0 Å². The molecule has 0 amide bonds. The standard InChI is InChI=1S/C7H5BrF2N2O3/c8-4-1-11-5(7(9)10)3(2-13)6(4)12(14)15/h1,7,13H,2H2. The van der Waals surface area contributed by atoms with Crippen LogP contribution in [-0.2, 0) is 6.61 Å². The zero-order valence-corrected chi connectivity index (χ0v) is 8.74. The summed E-state index contributed by atoms with van der Waals surface area (Å²) in [6.07, 6.45) is -2.04. The second kappa shape index (κ2) is 4.58. The fourth-order valence-corrected chi connectivity index (χ4v) is 1.56. The number of rotatable bonds is 3. The minimum atomic E-state index is -2.96. The number of pyridine rings is 1. The van der Waals surface area contributed by atoms with Crippen molar-refractivity contribution in [3.63, 3.8) is 0 Å². The number of hydrogen-bond donors (Lipinski definition) is 1. The lowest BCUT2D eigenvalue weighted by Crippen LogP contribution is -2.04. The summed E-state index contributed by atoms with van der Waals surface area (Å²) in [6, 6.07) is 0. The van der Waals surface area contributed by atoms with Gasteiger partial charge in [-0.3, -0.25) is 15.1 Å². The molecule has 0 radical (unpaired) electrons. The van der Waals surface area contributed by atoms with Gasteiger partial charge in [-0.15, -0.1) is 0 Å². The molecule has 0 unspecified atom stereocenters. The van der Waals surface area contributed by atoms with Crippen LogP contribution in [0, 0.1) is 10.1 Å². The number of alkyl halides is 2. The van der Waals surface area contributed by atoms with Crippen LogP contribution in [0.1, 0.15) is 17.7 Å². The molecule has 1 aromatic rings. The van der Waals surface area contributed by atoms with Crippen LogP contribution < -0.4 is 0 Å². The molecule has 0 saturated carbocycles. The monoisotopic (exact) mass is 282 g/mol. The SMILES string of the molecule is O=[N+]([O-])c1c(Br)cnc(C(F)F)c1CO. The summed E-state index contributed by atoms with van der Waals surface area (Å²) < 4.78 is 24.7. The van der Waals surface area contributed by atoms with Gasteiger partial charge in [-0.1, -0.05) is 0 Å². The molecule has 0 aliphatic heterocycles. The fraction of sp³-hybridized carbons (Fsp3) is 0.286. The maximum Gasteiger partial charge on any atom is 0.292 e.